The summed E-state index contributed by atoms with van der Waals surface area (Å²) in [5.74, 6) is 0.143. The van der Waals surface area contributed by atoms with E-state index in [0.29, 0.717) is 11.3 Å². The van der Waals surface area contributed by atoms with Gasteiger partial charge in [-0.2, -0.15) is 10.1 Å². The van der Waals surface area contributed by atoms with Crippen LogP contribution in [-0.4, -0.2) is 43.7 Å². The third kappa shape index (κ3) is 4.47. The predicted molar refractivity (Wildman–Crippen MR) is 111 cm³/mol. The summed E-state index contributed by atoms with van der Waals surface area (Å²) >= 11 is 6.12. The molecule has 12 heteroatoms. The average molecular weight is 452 g/mol. The molecule has 3 aromatic rings. The first kappa shape index (κ1) is 21.4. The molecule has 10 nitrogen and oxygen atoms in total. The number of H-pyrrole nitrogens is 1. The molecule has 0 spiro atoms. The maximum Gasteiger partial charge on any atom is 0.262 e. The number of nitrogens with one attached hydrogen (secondary N) is 3. The van der Waals surface area contributed by atoms with E-state index < -0.39 is 15.9 Å². The molecule has 0 atom stereocenters. The van der Waals surface area contributed by atoms with Crippen molar-refractivity contribution in [1.29, 1.82) is 0 Å². The zero-order chi connectivity index (χ0) is 21.9. The largest absolute Gasteiger partial charge is 0.495 e. The Hall–Kier alpha value is -3.31. The van der Waals surface area contributed by atoms with E-state index in [-0.39, 0.29) is 32.9 Å². The molecule has 0 saturated heterocycles. The van der Waals surface area contributed by atoms with E-state index in [1.54, 1.807) is 6.92 Å². The highest BCUT2D eigenvalue weighted by Gasteiger charge is 2.22. The zero-order valence-electron chi connectivity index (χ0n) is 16.2. The molecule has 158 valence electrons. The maximum absolute atomic E-state index is 13.0. The number of sulfonamides is 1. The molecule has 0 aliphatic rings. The summed E-state index contributed by atoms with van der Waals surface area (Å²) in [6, 6.07) is 7.15. The number of ether oxygens (including phenoxy) is 2. The molecule has 3 rings (SSSR count). The summed E-state index contributed by atoms with van der Waals surface area (Å²) in [6.07, 6.45) is 1.23. The van der Waals surface area contributed by atoms with Crippen molar-refractivity contribution in [2.24, 2.45) is 0 Å². The lowest BCUT2D eigenvalue weighted by molar-refractivity contribution is 0.102. The number of halogens is 1. The van der Waals surface area contributed by atoms with Crippen molar-refractivity contribution in [3.05, 3.63) is 52.8 Å². The highest BCUT2D eigenvalue weighted by atomic mass is 35.5. The van der Waals surface area contributed by atoms with E-state index in [9.17, 15) is 13.2 Å². The Morgan fingerprint density at radius 1 is 1.13 bits per heavy atom. The molecular weight excluding hydrogens is 434 g/mol. The topological polar surface area (TPSA) is 135 Å². The van der Waals surface area contributed by atoms with Crippen LogP contribution in [0.3, 0.4) is 0 Å². The molecule has 1 heterocycles. The Morgan fingerprint density at radius 3 is 2.50 bits per heavy atom. The smallest absolute Gasteiger partial charge is 0.262 e. The normalized spacial score (nSPS) is 11.1. The number of hydrogen-bond donors (Lipinski definition) is 3. The highest BCUT2D eigenvalue weighted by molar-refractivity contribution is 7.92. The average Bonchev–Trinajstić information content (AvgIpc) is 3.21. The maximum atomic E-state index is 13.0. The summed E-state index contributed by atoms with van der Waals surface area (Å²) in [6.45, 7) is 1.62. The number of anilines is 2. The van der Waals surface area contributed by atoms with Gasteiger partial charge in [-0.1, -0.05) is 17.7 Å². The quantitative estimate of drug-likeness (QED) is 0.502. The fourth-order valence-electron chi connectivity index (χ4n) is 2.62. The van der Waals surface area contributed by atoms with Gasteiger partial charge >= 0.3 is 0 Å². The first-order chi connectivity index (χ1) is 14.2. The molecule has 0 aliphatic heterocycles. The van der Waals surface area contributed by atoms with Gasteiger partial charge in [0.1, 0.15) is 17.8 Å². The van der Waals surface area contributed by atoms with E-state index in [2.05, 4.69) is 25.2 Å². The van der Waals surface area contributed by atoms with Gasteiger partial charge in [0.2, 0.25) is 5.95 Å². The van der Waals surface area contributed by atoms with Crippen LogP contribution in [0.4, 0.5) is 11.6 Å². The SMILES string of the molecule is COc1cc(OC)c(NS(=O)(=O)c2cc(C(=O)Nc3ncn[nH]3)ccc2C)cc1Cl. The number of benzene rings is 2. The molecule has 30 heavy (non-hydrogen) atoms. The van der Waals surface area contributed by atoms with Crippen LogP contribution in [0, 0.1) is 6.92 Å². The minimum atomic E-state index is -4.08. The minimum Gasteiger partial charge on any atom is -0.495 e. The third-order valence-corrected chi connectivity index (χ3v) is 5.91. The number of methoxy groups -OCH3 is 2. The van der Waals surface area contributed by atoms with E-state index >= 15 is 0 Å². The summed E-state index contributed by atoms with van der Waals surface area (Å²) in [7, 11) is -1.25. The van der Waals surface area contributed by atoms with E-state index in [1.165, 1.54) is 50.9 Å². The number of aryl methyl sites for hydroxylation is 1. The Kier molecular flexibility index (Phi) is 6.13. The van der Waals surface area contributed by atoms with Gasteiger partial charge in [0.15, 0.2) is 0 Å². The van der Waals surface area contributed by atoms with Crippen molar-refractivity contribution in [2.45, 2.75) is 11.8 Å². The number of carbonyl (C=O) groups is 1. The number of aromatic nitrogens is 3. The van der Waals surface area contributed by atoms with Crippen molar-refractivity contribution in [3.63, 3.8) is 0 Å². The van der Waals surface area contributed by atoms with Crippen molar-refractivity contribution >= 4 is 39.2 Å². The molecular formula is C18H18ClN5O5S. The standard InChI is InChI=1S/C18H18ClN5O5S/c1-10-4-5-11(17(25)22-18-20-9-21-23-18)6-16(10)30(26,27)24-13-7-12(19)14(28-2)8-15(13)29-3/h4-9,24H,1-3H3,(H2,20,21,22,23,25). The number of aromatic amines is 1. The number of amides is 1. The van der Waals surface area contributed by atoms with E-state index in [4.69, 9.17) is 21.1 Å². The molecule has 0 fully saturated rings. The van der Waals surface area contributed by atoms with E-state index in [0.717, 1.165) is 0 Å². The van der Waals surface area contributed by atoms with Gasteiger partial charge < -0.3 is 9.47 Å². The predicted octanol–water partition coefficient (Wildman–Crippen LogP) is 2.84. The molecule has 0 radical (unpaired) electrons. The molecule has 2 aromatic carbocycles. The van der Waals surface area contributed by atoms with Gasteiger partial charge in [0.25, 0.3) is 15.9 Å². The second kappa shape index (κ2) is 8.59. The lowest BCUT2D eigenvalue weighted by Gasteiger charge is -2.15. The Labute approximate surface area is 177 Å². The van der Waals surface area contributed by atoms with Crippen LogP contribution in [0.15, 0.2) is 41.6 Å². The molecule has 0 saturated carbocycles. The van der Waals surface area contributed by atoms with Crippen molar-refractivity contribution in [2.75, 3.05) is 24.3 Å². The van der Waals surface area contributed by atoms with Crippen LogP contribution in [0.1, 0.15) is 15.9 Å². The Morgan fingerprint density at radius 2 is 1.87 bits per heavy atom. The lowest BCUT2D eigenvalue weighted by atomic mass is 10.1. The second-order valence-corrected chi connectivity index (χ2v) is 8.12. The van der Waals surface area contributed by atoms with Crippen LogP contribution >= 0.6 is 11.6 Å². The molecule has 0 unspecified atom stereocenters. The van der Waals surface area contributed by atoms with Gasteiger partial charge in [-0.15, -0.1) is 0 Å². The summed E-state index contributed by atoms with van der Waals surface area (Å²) < 4.78 is 38.9. The number of hydrogen-bond acceptors (Lipinski definition) is 7. The lowest BCUT2D eigenvalue weighted by Crippen LogP contribution is -2.18. The monoisotopic (exact) mass is 451 g/mol. The zero-order valence-corrected chi connectivity index (χ0v) is 17.8. The summed E-state index contributed by atoms with van der Waals surface area (Å²) in [4.78, 5) is 16.1. The Balaban J connectivity index is 1.94. The minimum absolute atomic E-state index is 0.0817. The van der Waals surface area contributed by atoms with E-state index in [1.807, 2.05) is 0 Å². The van der Waals surface area contributed by atoms with Crippen LogP contribution in [-0.2, 0) is 10.0 Å². The van der Waals surface area contributed by atoms with Gasteiger partial charge in [0, 0.05) is 11.6 Å². The van der Waals surface area contributed by atoms with Crippen molar-refractivity contribution in [1.82, 2.24) is 15.2 Å². The Bertz CT molecular complexity index is 1180. The number of carbonyl (C=O) groups excluding carboxylic acids is 1. The molecule has 3 N–H and O–H groups in total. The number of rotatable bonds is 7. The van der Waals surface area contributed by atoms with Crippen LogP contribution < -0.4 is 19.5 Å². The number of nitrogens with zero attached hydrogens (tertiary/aromatic N) is 2. The van der Waals surface area contributed by atoms with Crippen molar-refractivity contribution in [3.8, 4) is 11.5 Å². The summed E-state index contributed by atoms with van der Waals surface area (Å²) in [5, 5.41) is 8.82. The first-order valence-electron chi connectivity index (χ1n) is 8.47. The van der Waals surface area contributed by atoms with Gasteiger partial charge in [-0.05, 0) is 30.7 Å². The molecule has 1 aromatic heterocycles. The molecule has 0 bridgehead atoms. The third-order valence-electron chi connectivity index (χ3n) is 4.11. The molecule has 0 aliphatic carbocycles. The van der Waals surface area contributed by atoms with Gasteiger partial charge in [-0.3, -0.25) is 14.8 Å². The first-order valence-corrected chi connectivity index (χ1v) is 10.3. The van der Waals surface area contributed by atoms with Crippen LogP contribution in [0.25, 0.3) is 0 Å². The van der Waals surface area contributed by atoms with Crippen molar-refractivity contribution < 1.29 is 22.7 Å². The fraction of sp³-hybridized carbons (Fsp3) is 0.167. The molecule has 1 amide bonds. The van der Waals surface area contributed by atoms with Crippen LogP contribution in [0.5, 0.6) is 11.5 Å². The highest BCUT2D eigenvalue weighted by Crippen LogP contribution is 2.37. The van der Waals surface area contributed by atoms with Crippen LogP contribution in [0.2, 0.25) is 5.02 Å². The fourth-order valence-corrected chi connectivity index (χ4v) is 4.19. The summed E-state index contributed by atoms with van der Waals surface area (Å²) in [5.41, 5.74) is 0.689. The van der Waals surface area contributed by atoms with Gasteiger partial charge in [0.05, 0.1) is 29.8 Å². The van der Waals surface area contributed by atoms with Gasteiger partial charge in [-0.25, -0.2) is 13.5 Å². The second-order valence-electron chi connectivity index (χ2n) is 6.06.